The van der Waals surface area contributed by atoms with Gasteiger partial charge in [-0.3, -0.25) is 4.79 Å². The summed E-state index contributed by atoms with van der Waals surface area (Å²) in [5.41, 5.74) is -0.126. The fraction of sp³-hybridized carbons (Fsp3) is 0.778. The largest absolute Gasteiger partial charge is 0.490 e. The van der Waals surface area contributed by atoms with Gasteiger partial charge in [-0.25, -0.2) is 4.79 Å². The molecule has 0 aromatic rings. The van der Waals surface area contributed by atoms with E-state index in [4.69, 9.17) is 9.47 Å². The van der Waals surface area contributed by atoms with E-state index in [1.165, 1.54) is 25.3 Å². The van der Waals surface area contributed by atoms with E-state index in [1.807, 2.05) is 0 Å². The number of ketones is 1. The van der Waals surface area contributed by atoms with Crippen LogP contribution in [0, 0.1) is 23.2 Å². The van der Waals surface area contributed by atoms with Crippen LogP contribution in [0.25, 0.3) is 0 Å². The first-order valence-corrected chi connectivity index (χ1v) is 8.52. The molecule has 4 heteroatoms. The first kappa shape index (κ1) is 15.6. The summed E-state index contributed by atoms with van der Waals surface area (Å²) in [4.78, 5) is 24.1. The highest BCUT2D eigenvalue weighted by atomic mass is 16.5. The smallest absolute Gasteiger partial charge is 0.334 e. The van der Waals surface area contributed by atoms with Crippen LogP contribution in [-0.2, 0) is 19.1 Å². The normalized spacial score (nSPS) is 36.3. The molecule has 4 fully saturated rings. The molecule has 0 radical (unpaired) electrons. The van der Waals surface area contributed by atoms with Crippen molar-refractivity contribution in [3.05, 3.63) is 11.8 Å². The van der Waals surface area contributed by atoms with E-state index in [2.05, 4.69) is 0 Å². The van der Waals surface area contributed by atoms with Gasteiger partial charge in [0, 0.05) is 5.41 Å². The van der Waals surface area contributed by atoms with Gasteiger partial charge in [0.2, 0.25) is 0 Å². The maximum Gasteiger partial charge on any atom is 0.334 e. The molecular formula is C18H26O4. The second-order valence-electron chi connectivity index (χ2n) is 7.42. The summed E-state index contributed by atoms with van der Waals surface area (Å²) in [6.45, 7) is 3.89. The first-order chi connectivity index (χ1) is 10.5. The molecule has 22 heavy (non-hydrogen) atoms. The molecule has 0 heterocycles. The minimum Gasteiger partial charge on any atom is -0.490 e. The lowest BCUT2D eigenvalue weighted by atomic mass is 9.48. The molecule has 4 rings (SSSR count). The van der Waals surface area contributed by atoms with Gasteiger partial charge in [-0.15, -0.1) is 0 Å². The summed E-state index contributed by atoms with van der Waals surface area (Å²) in [7, 11) is 0. The number of carbonyl (C=O) groups excluding carboxylic acids is 2. The molecule has 0 aromatic heterocycles. The molecule has 122 valence electrons. The highest BCUT2D eigenvalue weighted by Gasteiger charge is 2.54. The van der Waals surface area contributed by atoms with Crippen molar-refractivity contribution in [1.29, 1.82) is 0 Å². The number of hydrogen-bond donors (Lipinski definition) is 0. The van der Waals surface area contributed by atoms with E-state index in [-0.39, 0.29) is 17.8 Å². The average Bonchev–Trinajstić information content (AvgIpc) is 2.43. The summed E-state index contributed by atoms with van der Waals surface area (Å²) in [6, 6.07) is 0. The van der Waals surface area contributed by atoms with Gasteiger partial charge in [-0.05, 0) is 70.1 Å². The van der Waals surface area contributed by atoms with Gasteiger partial charge >= 0.3 is 5.97 Å². The Kier molecular flexibility index (Phi) is 4.28. The Morgan fingerprint density at radius 2 is 1.59 bits per heavy atom. The Morgan fingerprint density at radius 1 is 1.05 bits per heavy atom. The molecule has 4 aliphatic carbocycles. The number of hydrogen-bond acceptors (Lipinski definition) is 4. The van der Waals surface area contributed by atoms with Gasteiger partial charge in [-0.2, -0.15) is 0 Å². The Morgan fingerprint density at radius 3 is 2.09 bits per heavy atom. The lowest BCUT2D eigenvalue weighted by molar-refractivity contribution is -0.147. The van der Waals surface area contributed by atoms with Gasteiger partial charge in [0.25, 0.3) is 0 Å². The monoisotopic (exact) mass is 306 g/mol. The van der Waals surface area contributed by atoms with E-state index in [0.717, 1.165) is 37.0 Å². The van der Waals surface area contributed by atoms with Crippen molar-refractivity contribution in [3.8, 4) is 0 Å². The van der Waals surface area contributed by atoms with Crippen molar-refractivity contribution >= 4 is 11.8 Å². The Hall–Kier alpha value is -1.32. The van der Waals surface area contributed by atoms with E-state index < -0.39 is 5.97 Å². The van der Waals surface area contributed by atoms with Gasteiger partial charge in [-0.1, -0.05) is 0 Å². The Bertz CT molecular complexity index is 456. The van der Waals surface area contributed by atoms with Crippen LogP contribution in [-0.4, -0.2) is 25.0 Å². The zero-order chi connectivity index (χ0) is 15.7. The zero-order valence-corrected chi connectivity index (χ0v) is 13.6. The summed E-state index contributed by atoms with van der Waals surface area (Å²) < 4.78 is 10.4. The maximum atomic E-state index is 12.7. The molecule has 0 unspecified atom stereocenters. The lowest BCUT2D eigenvalue weighted by Crippen LogP contribution is -2.50. The number of carbonyl (C=O) groups is 2. The third-order valence-corrected chi connectivity index (χ3v) is 5.67. The van der Waals surface area contributed by atoms with Crippen LogP contribution >= 0.6 is 0 Å². The zero-order valence-electron chi connectivity index (χ0n) is 13.6. The molecule has 4 nitrogen and oxygen atoms in total. The van der Waals surface area contributed by atoms with Crippen molar-refractivity contribution in [2.45, 2.75) is 52.4 Å². The molecule has 4 aliphatic rings. The highest BCUT2D eigenvalue weighted by Crippen LogP contribution is 2.60. The van der Waals surface area contributed by atoms with Crippen molar-refractivity contribution in [2.24, 2.45) is 23.2 Å². The molecule has 4 saturated carbocycles. The van der Waals surface area contributed by atoms with Crippen LogP contribution in [0.3, 0.4) is 0 Å². The summed E-state index contributed by atoms with van der Waals surface area (Å²) in [5, 5.41) is 0. The average molecular weight is 306 g/mol. The third-order valence-electron chi connectivity index (χ3n) is 5.67. The minimum absolute atomic E-state index is 0.0912. The van der Waals surface area contributed by atoms with Crippen molar-refractivity contribution < 1.29 is 19.1 Å². The van der Waals surface area contributed by atoms with Crippen LogP contribution in [0.5, 0.6) is 0 Å². The van der Waals surface area contributed by atoms with E-state index >= 15 is 0 Å². The number of allylic oxidation sites excluding steroid dienone is 1. The molecule has 0 amide bonds. The predicted molar refractivity (Wildman–Crippen MR) is 82.0 cm³/mol. The summed E-state index contributed by atoms with van der Waals surface area (Å²) in [5.74, 6) is 2.55. The number of ether oxygens (including phenoxy) is 2. The number of Topliss-reactive ketones (excluding diaryl/α,β-unsaturated/α-hetero) is 1. The van der Waals surface area contributed by atoms with Crippen molar-refractivity contribution in [1.82, 2.24) is 0 Å². The van der Waals surface area contributed by atoms with E-state index in [0.29, 0.717) is 12.4 Å². The first-order valence-electron chi connectivity index (χ1n) is 8.52. The van der Waals surface area contributed by atoms with Crippen LogP contribution in [0.2, 0.25) is 0 Å². The van der Waals surface area contributed by atoms with Gasteiger partial charge < -0.3 is 9.47 Å². The van der Waals surface area contributed by atoms with Gasteiger partial charge in [0.15, 0.2) is 5.78 Å². The van der Waals surface area contributed by atoms with Crippen LogP contribution in [0.15, 0.2) is 11.8 Å². The van der Waals surface area contributed by atoms with Crippen LogP contribution < -0.4 is 0 Å². The highest BCUT2D eigenvalue weighted by molar-refractivity contribution is 5.87. The van der Waals surface area contributed by atoms with Gasteiger partial charge in [0.1, 0.15) is 12.4 Å². The molecule has 0 atom stereocenters. The molecule has 0 aromatic carbocycles. The van der Waals surface area contributed by atoms with Crippen molar-refractivity contribution in [2.75, 3.05) is 13.2 Å². The second-order valence-corrected chi connectivity index (χ2v) is 7.42. The summed E-state index contributed by atoms with van der Waals surface area (Å²) >= 11 is 0. The van der Waals surface area contributed by atoms with Crippen molar-refractivity contribution in [3.63, 3.8) is 0 Å². The van der Waals surface area contributed by atoms with Gasteiger partial charge in [0.05, 0.1) is 12.7 Å². The second kappa shape index (κ2) is 6.05. The molecule has 0 spiro atoms. The van der Waals surface area contributed by atoms with Crippen LogP contribution in [0.4, 0.5) is 0 Å². The quantitative estimate of drug-likeness (QED) is 0.429. The Balaban J connectivity index is 1.57. The predicted octanol–water partition coefficient (Wildman–Crippen LogP) is 3.26. The van der Waals surface area contributed by atoms with E-state index in [1.54, 1.807) is 13.8 Å². The fourth-order valence-electron chi connectivity index (χ4n) is 5.18. The van der Waals surface area contributed by atoms with E-state index in [9.17, 15) is 9.59 Å². The molecule has 0 aliphatic heterocycles. The lowest BCUT2D eigenvalue weighted by Gasteiger charge is -2.55. The third kappa shape index (κ3) is 3.06. The topological polar surface area (TPSA) is 52.6 Å². The Labute approximate surface area is 132 Å². The summed E-state index contributed by atoms with van der Waals surface area (Å²) in [6.07, 6.45) is 8.47. The fourth-order valence-corrected chi connectivity index (χ4v) is 5.18. The molecular weight excluding hydrogens is 280 g/mol. The van der Waals surface area contributed by atoms with Crippen LogP contribution in [0.1, 0.15) is 52.4 Å². The minimum atomic E-state index is -0.415. The molecule has 4 bridgehead atoms. The maximum absolute atomic E-state index is 12.7. The molecule has 0 N–H and O–H groups in total. The standard InChI is InChI=1S/C18H26O4/c1-3-21-17(20)4-12(2)22-11-16(19)18-8-13-5-14(9-18)7-15(6-13)10-18/h4,13-15H,3,5-11H2,1-2H3. The number of esters is 1. The SMILES string of the molecule is CCOC(=O)C=C(C)OCC(=O)C12CC3CC(CC(C3)C1)C2. The number of rotatable bonds is 6. The molecule has 0 saturated heterocycles.